The minimum atomic E-state index is -2.01. The molecule has 0 aliphatic heterocycles. The summed E-state index contributed by atoms with van der Waals surface area (Å²) < 4.78 is 6.50. The molecule has 1 saturated carbocycles. The van der Waals surface area contributed by atoms with Gasteiger partial charge in [-0.2, -0.15) is 0 Å². The zero-order chi connectivity index (χ0) is 32.9. The Morgan fingerprint density at radius 2 is 1.58 bits per heavy atom. The van der Waals surface area contributed by atoms with Crippen molar-refractivity contribution in [3.05, 3.63) is 93.7 Å². The highest BCUT2D eigenvalue weighted by atomic mass is 28.4. The molecule has 244 valence electrons. The van der Waals surface area contributed by atoms with Gasteiger partial charge < -0.3 is 19.6 Å². The Labute approximate surface area is 271 Å². The molecule has 0 unspecified atom stereocenters. The largest absolute Gasteiger partial charge is 0.415 e. The number of carbonyl (C=O) groups is 1. The molecule has 0 saturated heterocycles. The summed E-state index contributed by atoms with van der Waals surface area (Å²) >= 11 is 0. The molecule has 4 rings (SSSR count). The summed E-state index contributed by atoms with van der Waals surface area (Å²) in [5, 5.41) is 3.35. The maximum absolute atomic E-state index is 14.5. The van der Waals surface area contributed by atoms with Crippen molar-refractivity contribution in [2.45, 2.75) is 104 Å². The molecule has 0 bridgehead atoms. The fraction of sp³-hybridized carbons (Fsp3) is 0.541. The van der Waals surface area contributed by atoms with Crippen LogP contribution in [-0.4, -0.2) is 48.8 Å². The lowest BCUT2D eigenvalue weighted by Crippen LogP contribution is -2.45. The van der Waals surface area contributed by atoms with Crippen LogP contribution in [0.25, 0.3) is 0 Å². The molecule has 1 amide bonds. The number of hydrogen-bond acceptors (Lipinski definition) is 5. The summed E-state index contributed by atoms with van der Waals surface area (Å²) in [5.74, 6) is 0.319. The van der Waals surface area contributed by atoms with E-state index >= 15 is 0 Å². The van der Waals surface area contributed by atoms with Crippen LogP contribution in [0.15, 0.2) is 65.5 Å². The van der Waals surface area contributed by atoms with E-state index in [2.05, 4.69) is 89.2 Å². The topological polar surface area (TPSA) is 87.3 Å². The van der Waals surface area contributed by atoms with E-state index in [4.69, 9.17) is 9.41 Å². The molecule has 7 nitrogen and oxygen atoms in total. The van der Waals surface area contributed by atoms with Gasteiger partial charge in [0.2, 0.25) is 0 Å². The van der Waals surface area contributed by atoms with E-state index in [1.54, 1.807) is 0 Å². The second-order valence-corrected chi connectivity index (χ2v) is 20.3. The van der Waals surface area contributed by atoms with Gasteiger partial charge in [0.1, 0.15) is 11.5 Å². The van der Waals surface area contributed by atoms with Gasteiger partial charge in [-0.05, 0) is 47.5 Å². The normalized spacial score (nSPS) is 15.2. The summed E-state index contributed by atoms with van der Waals surface area (Å²) in [6.45, 7) is 19.3. The maximum Gasteiger partial charge on any atom is 0.275 e. The van der Waals surface area contributed by atoms with Gasteiger partial charge in [0.25, 0.3) is 11.5 Å². The Bertz CT molecular complexity index is 1470. The van der Waals surface area contributed by atoms with Crippen LogP contribution in [0.1, 0.15) is 94.7 Å². The lowest BCUT2D eigenvalue weighted by Gasteiger charge is -2.37. The van der Waals surface area contributed by atoms with Gasteiger partial charge >= 0.3 is 0 Å². The van der Waals surface area contributed by atoms with E-state index in [1.807, 2.05) is 41.3 Å². The van der Waals surface area contributed by atoms with Gasteiger partial charge in [0.05, 0.1) is 6.61 Å². The fourth-order valence-corrected chi connectivity index (χ4v) is 7.08. The van der Waals surface area contributed by atoms with Crippen LogP contribution >= 0.6 is 0 Å². The highest BCUT2D eigenvalue weighted by Gasteiger charge is 2.39. The number of rotatable bonds is 12. The molecular weight excluding hydrogens is 577 g/mol. The zero-order valence-electron chi connectivity index (χ0n) is 28.8. The van der Waals surface area contributed by atoms with Crippen molar-refractivity contribution >= 4 is 19.9 Å². The third-order valence-corrected chi connectivity index (χ3v) is 14.1. The number of H-pyrrole nitrogens is 1. The van der Waals surface area contributed by atoms with E-state index < -0.39 is 8.32 Å². The number of nitrogens with zero attached hydrogens (tertiary/aromatic N) is 2. The Morgan fingerprint density at radius 3 is 2.16 bits per heavy atom. The van der Waals surface area contributed by atoms with Crippen molar-refractivity contribution in [2.24, 2.45) is 5.41 Å². The first-order chi connectivity index (χ1) is 21.1. The average molecular weight is 631 g/mol. The highest BCUT2D eigenvalue weighted by Crippen LogP contribution is 2.43. The highest BCUT2D eigenvalue weighted by molar-refractivity contribution is 6.74. The summed E-state index contributed by atoms with van der Waals surface area (Å²) in [7, 11) is -2.01. The molecule has 1 aliphatic rings. The van der Waals surface area contributed by atoms with E-state index in [0.29, 0.717) is 38.5 Å². The van der Waals surface area contributed by atoms with Crippen LogP contribution in [0.5, 0.6) is 0 Å². The van der Waals surface area contributed by atoms with Gasteiger partial charge in [-0.3, -0.25) is 9.59 Å². The first kappa shape index (κ1) is 34.6. The molecule has 1 aliphatic carbocycles. The predicted molar refractivity (Wildman–Crippen MR) is 187 cm³/mol. The van der Waals surface area contributed by atoms with Crippen molar-refractivity contribution in [1.82, 2.24) is 14.9 Å². The van der Waals surface area contributed by atoms with E-state index in [0.717, 1.165) is 31.2 Å². The standard InChI is InChI=1S/C37H54N4O3Si/c1-35(2,3)27-41(23-24-44-45(7,8)36(4,5)6)34(43)32-31(38-26-28-17-11-9-12-18-28)33(42)40-30(39-32)25-37(21-15-16-22-37)29-19-13-10-14-20-29/h9-14,17-20,38H,15-16,21-27H2,1-8H3,(H,39,40,42). The molecule has 1 aromatic heterocycles. The van der Waals surface area contributed by atoms with Crippen LogP contribution in [0, 0.1) is 5.41 Å². The van der Waals surface area contributed by atoms with Crippen molar-refractivity contribution in [2.75, 3.05) is 25.0 Å². The van der Waals surface area contributed by atoms with Crippen LogP contribution in [0.2, 0.25) is 18.1 Å². The number of nitrogens with one attached hydrogen (secondary N) is 2. The lowest BCUT2D eigenvalue weighted by molar-refractivity contribution is 0.0653. The molecule has 1 heterocycles. The summed E-state index contributed by atoms with van der Waals surface area (Å²) in [6.07, 6.45) is 4.90. The van der Waals surface area contributed by atoms with Crippen molar-refractivity contribution < 1.29 is 9.22 Å². The Morgan fingerprint density at radius 1 is 0.978 bits per heavy atom. The molecule has 0 atom stereocenters. The van der Waals surface area contributed by atoms with E-state index in [-0.39, 0.29) is 38.7 Å². The Balaban J connectivity index is 1.71. The molecule has 3 aromatic rings. The first-order valence-electron chi connectivity index (χ1n) is 16.5. The van der Waals surface area contributed by atoms with Crippen LogP contribution in [-0.2, 0) is 22.8 Å². The van der Waals surface area contributed by atoms with Crippen LogP contribution in [0.3, 0.4) is 0 Å². The Kier molecular flexibility index (Phi) is 10.8. The molecule has 2 N–H and O–H groups in total. The van der Waals surface area contributed by atoms with Gasteiger partial charge in [-0.25, -0.2) is 4.98 Å². The number of amides is 1. The molecule has 0 radical (unpaired) electrons. The second kappa shape index (κ2) is 14.0. The average Bonchev–Trinajstić information content (AvgIpc) is 3.45. The quantitative estimate of drug-likeness (QED) is 0.198. The van der Waals surface area contributed by atoms with E-state index in [9.17, 15) is 9.59 Å². The summed E-state index contributed by atoms with van der Waals surface area (Å²) in [4.78, 5) is 38.2. The number of aromatic amines is 1. The summed E-state index contributed by atoms with van der Waals surface area (Å²) in [6, 6.07) is 20.4. The van der Waals surface area contributed by atoms with Crippen LogP contribution in [0.4, 0.5) is 5.69 Å². The lowest BCUT2D eigenvalue weighted by atomic mass is 9.76. The fourth-order valence-electron chi connectivity index (χ4n) is 6.04. The molecule has 0 spiro atoms. The number of benzene rings is 2. The molecule has 2 aromatic carbocycles. The smallest absolute Gasteiger partial charge is 0.275 e. The van der Waals surface area contributed by atoms with Gasteiger partial charge in [0, 0.05) is 31.5 Å². The van der Waals surface area contributed by atoms with Gasteiger partial charge in [0.15, 0.2) is 14.0 Å². The van der Waals surface area contributed by atoms with Crippen LogP contribution < -0.4 is 10.9 Å². The monoisotopic (exact) mass is 630 g/mol. The minimum Gasteiger partial charge on any atom is -0.415 e. The summed E-state index contributed by atoms with van der Waals surface area (Å²) in [5.41, 5.74) is 2.10. The number of carbonyl (C=O) groups excluding carboxylic acids is 1. The zero-order valence-corrected chi connectivity index (χ0v) is 29.8. The number of aromatic nitrogens is 2. The maximum atomic E-state index is 14.5. The van der Waals surface area contributed by atoms with Gasteiger partial charge in [-0.1, -0.05) is 115 Å². The molecule has 8 heteroatoms. The molecule has 45 heavy (non-hydrogen) atoms. The predicted octanol–water partition coefficient (Wildman–Crippen LogP) is 7.95. The minimum absolute atomic E-state index is 0.0680. The molecule has 1 fully saturated rings. The SMILES string of the molecule is CC(C)(C)CN(CCO[Si](C)(C)C(C)(C)C)C(=O)c1nc(CC2(c3ccccc3)CCCC2)[nH]c(=O)c1NCc1ccccc1. The Hall–Kier alpha value is -3.23. The van der Waals surface area contributed by atoms with Gasteiger partial charge in [-0.15, -0.1) is 0 Å². The van der Waals surface area contributed by atoms with Crippen molar-refractivity contribution in [3.8, 4) is 0 Å². The first-order valence-corrected chi connectivity index (χ1v) is 19.4. The van der Waals surface area contributed by atoms with E-state index in [1.165, 1.54) is 5.56 Å². The van der Waals surface area contributed by atoms with Crippen molar-refractivity contribution in [3.63, 3.8) is 0 Å². The third-order valence-electron chi connectivity index (χ3n) is 9.52. The molecular formula is C37H54N4O3Si. The number of anilines is 1. The second-order valence-electron chi connectivity index (χ2n) is 15.5. The van der Waals surface area contributed by atoms with Crippen molar-refractivity contribution in [1.29, 1.82) is 0 Å². The third kappa shape index (κ3) is 8.94. The number of hydrogen-bond donors (Lipinski definition) is 2.